The highest BCUT2D eigenvalue weighted by molar-refractivity contribution is 5.93. The van der Waals surface area contributed by atoms with Crippen molar-refractivity contribution >= 4 is 5.91 Å². The second-order valence-electron chi connectivity index (χ2n) is 6.17. The first-order valence-electron chi connectivity index (χ1n) is 7.58. The molecule has 1 aliphatic rings. The van der Waals surface area contributed by atoms with Crippen LogP contribution in [0, 0.1) is 5.92 Å². The topological polar surface area (TPSA) is 32.3 Å². The molecule has 1 unspecified atom stereocenters. The van der Waals surface area contributed by atoms with Crippen molar-refractivity contribution in [3.05, 3.63) is 34.4 Å². The van der Waals surface area contributed by atoms with Crippen molar-refractivity contribution in [2.45, 2.75) is 33.9 Å². The summed E-state index contributed by atoms with van der Waals surface area (Å²) in [7, 11) is 1.85. The van der Waals surface area contributed by atoms with E-state index in [0.29, 0.717) is 0 Å². The van der Waals surface area contributed by atoms with Gasteiger partial charge in [-0.1, -0.05) is 28.9 Å². The fraction of sp³-hybridized carbons (Fsp3) is 0.588. The minimum absolute atomic E-state index is 0.158. The molecule has 1 amide bonds. The van der Waals surface area contributed by atoms with Crippen LogP contribution in [-0.2, 0) is 4.79 Å². The first-order chi connectivity index (χ1) is 10.6. The molecule has 0 bridgehead atoms. The third-order valence-corrected chi connectivity index (χ3v) is 3.93. The molecule has 0 saturated heterocycles. The Balaban J connectivity index is 2.93. The standard InChI is InChI=1S/C17H25F3N2O/c1-11(8-21-5)6-12(2)14(4)9-22-10-15(17(18,19)20)7-13(3)16(22)23/h6-7,15,21H,8-10H2,1-5H3/b11-6-,14-12+. The molecule has 23 heavy (non-hydrogen) atoms. The van der Waals surface area contributed by atoms with E-state index in [1.165, 1.54) is 11.8 Å². The van der Waals surface area contributed by atoms with Gasteiger partial charge in [0.25, 0.3) is 0 Å². The molecule has 1 rings (SSSR count). The Labute approximate surface area is 135 Å². The highest BCUT2D eigenvalue weighted by Gasteiger charge is 2.42. The SMILES string of the molecule is CNC/C(C)=C\C(C)=C(/C)CN1CC(C(F)(F)F)C=C(C)C1=O. The summed E-state index contributed by atoms with van der Waals surface area (Å²) in [5.41, 5.74) is 3.15. The van der Waals surface area contributed by atoms with Crippen LogP contribution >= 0.6 is 0 Å². The predicted molar refractivity (Wildman–Crippen MR) is 85.9 cm³/mol. The summed E-state index contributed by atoms with van der Waals surface area (Å²) in [5, 5.41) is 3.04. The number of allylic oxidation sites excluding steroid dienone is 2. The van der Waals surface area contributed by atoms with Gasteiger partial charge in [0.2, 0.25) is 5.91 Å². The minimum Gasteiger partial charge on any atom is -0.334 e. The summed E-state index contributed by atoms with van der Waals surface area (Å²) in [4.78, 5) is 13.4. The van der Waals surface area contributed by atoms with E-state index in [2.05, 4.69) is 5.32 Å². The highest BCUT2D eigenvalue weighted by atomic mass is 19.4. The van der Waals surface area contributed by atoms with Gasteiger partial charge in [-0.05, 0) is 34.7 Å². The van der Waals surface area contributed by atoms with Gasteiger partial charge in [-0.15, -0.1) is 0 Å². The lowest BCUT2D eigenvalue weighted by atomic mass is 9.98. The maximum absolute atomic E-state index is 13.0. The van der Waals surface area contributed by atoms with Gasteiger partial charge >= 0.3 is 6.18 Å². The third kappa shape index (κ3) is 5.53. The Bertz CT molecular complexity index is 545. The molecule has 1 atom stereocenters. The first kappa shape index (κ1) is 19.5. The average molecular weight is 330 g/mol. The van der Waals surface area contributed by atoms with E-state index in [1.807, 2.05) is 33.9 Å². The van der Waals surface area contributed by atoms with Crippen molar-refractivity contribution in [2.75, 3.05) is 26.7 Å². The largest absolute Gasteiger partial charge is 0.396 e. The van der Waals surface area contributed by atoms with E-state index in [9.17, 15) is 18.0 Å². The predicted octanol–water partition coefficient (Wildman–Crippen LogP) is 3.46. The molecule has 0 fully saturated rings. The molecule has 130 valence electrons. The Morgan fingerprint density at radius 3 is 2.52 bits per heavy atom. The van der Waals surface area contributed by atoms with Crippen LogP contribution in [0.3, 0.4) is 0 Å². The van der Waals surface area contributed by atoms with Crippen LogP contribution in [0.2, 0.25) is 0 Å². The maximum atomic E-state index is 13.0. The molecule has 1 N–H and O–H groups in total. The van der Waals surface area contributed by atoms with Crippen molar-refractivity contribution in [3.63, 3.8) is 0 Å². The molecule has 0 radical (unpaired) electrons. The zero-order valence-corrected chi connectivity index (χ0v) is 14.3. The van der Waals surface area contributed by atoms with Crippen LogP contribution in [0.15, 0.2) is 34.4 Å². The summed E-state index contributed by atoms with van der Waals surface area (Å²) in [6.45, 7) is 7.82. The van der Waals surface area contributed by atoms with Gasteiger partial charge in [0.15, 0.2) is 0 Å². The van der Waals surface area contributed by atoms with Gasteiger partial charge in [0, 0.05) is 25.2 Å². The van der Waals surface area contributed by atoms with Crippen molar-refractivity contribution in [1.82, 2.24) is 10.2 Å². The third-order valence-electron chi connectivity index (χ3n) is 3.93. The number of carbonyl (C=O) groups excluding carboxylic acids is 1. The average Bonchev–Trinajstić information content (AvgIpc) is 2.42. The number of hydrogen-bond donors (Lipinski definition) is 1. The molecule has 0 aliphatic carbocycles. The maximum Gasteiger partial charge on any atom is 0.396 e. The second-order valence-corrected chi connectivity index (χ2v) is 6.17. The highest BCUT2D eigenvalue weighted by Crippen LogP contribution is 2.32. The molecule has 0 saturated carbocycles. The number of rotatable bonds is 5. The molecule has 0 aromatic rings. The molecule has 6 heteroatoms. The second kappa shape index (κ2) is 7.81. The molecular formula is C17H25F3N2O. The Morgan fingerprint density at radius 2 is 2.00 bits per heavy atom. The molecule has 1 heterocycles. The zero-order chi connectivity index (χ0) is 17.8. The first-order valence-corrected chi connectivity index (χ1v) is 7.58. The molecule has 0 aromatic carbocycles. The van der Waals surface area contributed by atoms with E-state index < -0.39 is 12.1 Å². The number of halogens is 3. The van der Waals surface area contributed by atoms with E-state index in [4.69, 9.17) is 0 Å². The Morgan fingerprint density at radius 1 is 1.39 bits per heavy atom. The number of nitrogens with zero attached hydrogens (tertiary/aromatic N) is 1. The van der Waals surface area contributed by atoms with Crippen molar-refractivity contribution in [2.24, 2.45) is 5.92 Å². The summed E-state index contributed by atoms with van der Waals surface area (Å²) < 4.78 is 38.9. The van der Waals surface area contributed by atoms with Crippen LogP contribution in [0.1, 0.15) is 27.7 Å². The van der Waals surface area contributed by atoms with E-state index in [1.54, 1.807) is 0 Å². The van der Waals surface area contributed by atoms with Gasteiger partial charge in [0.05, 0.1) is 5.92 Å². The number of likely N-dealkylation sites (N-methyl/N-ethyl adjacent to an activating group) is 1. The molecular weight excluding hydrogens is 305 g/mol. The summed E-state index contributed by atoms with van der Waals surface area (Å²) >= 11 is 0. The van der Waals surface area contributed by atoms with E-state index >= 15 is 0 Å². The van der Waals surface area contributed by atoms with Crippen LogP contribution < -0.4 is 5.32 Å². The number of hydrogen-bond acceptors (Lipinski definition) is 2. The summed E-state index contributed by atoms with van der Waals surface area (Å²) in [5.74, 6) is -1.91. The Hall–Kier alpha value is -1.56. The normalized spacial score (nSPS) is 21.3. The fourth-order valence-corrected chi connectivity index (χ4v) is 2.56. The molecule has 1 aliphatic heterocycles. The van der Waals surface area contributed by atoms with Gasteiger partial charge in [-0.3, -0.25) is 4.79 Å². The minimum atomic E-state index is -4.32. The molecule has 0 aromatic heterocycles. The van der Waals surface area contributed by atoms with Gasteiger partial charge < -0.3 is 10.2 Å². The summed E-state index contributed by atoms with van der Waals surface area (Å²) in [6, 6.07) is 0. The van der Waals surface area contributed by atoms with Crippen LogP contribution in [0.25, 0.3) is 0 Å². The smallest absolute Gasteiger partial charge is 0.334 e. The van der Waals surface area contributed by atoms with Crippen molar-refractivity contribution in [3.8, 4) is 0 Å². The van der Waals surface area contributed by atoms with E-state index in [0.717, 1.165) is 29.3 Å². The van der Waals surface area contributed by atoms with Crippen LogP contribution in [-0.4, -0.2) is 43.7 Å². The fourth-order valence-electron chi connectivity index (χ4n) is 2.56. The van der Waals surface area contributed by atoms with Gasteiger partial charge in [-0.25, -0.2) is 0 Å². The number of carbonyl (C=O) groups is 1. The lowest BCUT2D eigenvalue weighted by Gasteiger charge is -2.32. The molecule has 3 nitrogen and oxygen atoms in total. The lowest BCUT2D eigenvalue weighted by molar-refractivity contribution is -0.169. The van der Waals surface area contributed by atoms with Crippen LogP contribution in [0.4, 0.5) is 13.2 Å². The Kier molecular flexibility index (Phi) is 6.62. The zero-order valence-electron chi connectivity index (χ0n) is 14.3. The van der Waals surface area contributed by atoms with Crippen molar-refractivity contribution < 1.29 is 18.0 Å². The van der Waals surface area contributed by atoms with Gasteiger partial charge in [-0.2, -0.15) is 13.2 Å². The lowest BCUT2D eigenvalue weighted by Crippen LogP contribution is -2.44. The monoisotopic (exact) mass is 330 g/mol. The van der Waals surface area contributed by atoms with Crippen LogP contribution in [0.5, 0.6) is 0 Å². The summed E-state index contributed by atoms with van der Waals surface area (Å²) in [6.07, 6.45) is -1.30. The molecule has 0 spiro atoms. The number of nitrogens with one attached hydrogen (secondary N) is 1. The van der Waals surface area contributed by atoms with E-state index in [-0.39, 0.29) is 24.6 Å². The van der Waals surface area contributed by atoms with Gasteiger partial charge in [0.1, 0.15) is 0 Å². The number of amides is 1. The number of alkyl halides is 3. The quantitative estimate of drug-likeness (QED) is 0.783. The van der Waals surface area contributed by atoms with Crippen molar-refractivity contribution in [1.29, 1.82) is 0 Å².